The Hall–Kier alpha value is -1.07. The second-order valence-corrected chi connectivity index (χ2v) is 6.06. The van der Waals surface area contributed by atoms with Gasteiger partial charge in [0, 0.05) is 18.4 Å². The fourth-order valence-electron chi connectivity index (χ4n) is 1.27. The highest BCUT2D eigenvalue weighted by Gasteiger charge is 2.15. The van der Waals surface area contributed by atoms with Crippen molar-refractivity contribution in [3.63, 3.8) is 0 Å². The normalized spacial score (nSPS) is 11.2. The van der Waals surface area contributed by atoms with E-state index < -0.39 is 9.84 Å². The summed E-state index contributed by atoms with van der Waals surface area (Å²) in [5.74, 6) is -0.298. The summed E-state index contributed by atoms with van der Waals surface area (Å²) in [5, 5.41) is 2.79. The molecule has 0 aliphatic heterocycles. The van der Waals surface area contributed by atoms with E-state index in [0.717, 1.165) is 12.7 Å². The van der Waals surface area contributed by atoms with E-state index in [-0.39, 0.29) is 15.8 Å². The zero-order chi connectivity index (χ0) is 13.1. The lowest BCUT2D eigenvalue weighted by atomic mass is 10.2. The van der Waals surface area contributed by atoms with Crippen molar-refractivity contribution in [2.24, 2.45) is 0 Å². The van der Waals surface area contributed by atoms with E-state index in [9.17, 15) is 13.2 Å². The average molecular weight is 276 g/mol. The number of carbonyl (C=O) groups excluding carboxylic acids is 1. The van der Waals surface area contributed by atoms with Gasteiger partial charge in [0.25, 0.3) is 5.91 Å². The summed E-state index contributed by atoms with van der Waals surface area (Å²) in [7, 11) is -3.42. The highest BCUT2D eigenvalue weighted by Crippen LogP contribution is 2.22. The quantitative estimate of drug-likeness (QED) is 0.913. The van der Waals surface area contributed by atoms with Gasteiger partial charge in [-0.1, -0.05) is 18.5 Å². The Morgan fingerprint density at radius 3 is 2.59 bits per heavy atom. The fraction of sp³-hybridized carbons (Fsp3) is 0.364. The number of nitrogens with one attached hydrogen (secondary N) is 1. The van der Waals surface area contributed by atoms with Crippen molar-refractivity contribution >= 4 is 27.3 Å². The topological polar surface area (TPSA) is 63.2 Å². The molecule has 0 aliphatic rings. The van der Waals surface area contributed by atoms with Crippen molar-refractivity contribution in [3.8, 4) is 0 Å². The van der Waals surface area contributed by atoms with Crippen LogP contribution in [0.2, 0.25) is 5.02 Å². The second kappa shape index (κ2) is 5.51. The largest absolute Gasteiger partial charge is 0.352 e. The molecule has 0 bridgehead atoms. The third kappa shape index (κ3) is 3.71. The lowest BCUT2D eigenvalue weighted by Crippen LogP contribution is -2.24. The molecule has 0 radical (unpaired) electrons. The summed E-state index contributed by atoms with van der Waals surface area (Å²) >= 11 is 5.78. The predicted octanol–water partition coefficient (Wildman–Crippen LogP) is 1.88. The molecule has 4 nitrogen and oxygen atoms in total. The molecule has 0 atom stereocenters. The molecule has 6 heteroatoms. The molecular formula is C11H14ClNO3S. The summed E-state index contributed by atoms with van der Waals surface area (Å²) < 4.78 is 22.9. The zero-order valence-electron chi connectivity index (χ0n) is 9.66. The summed E-state index contributed by atoms with van der Waals surface area (Å²) in [4.78, 5) is 11.6. The van der Waals surface area contributed by atoms with Crippen LogP contribution < -0.4 is 5.32 Å². The van der Waals surface area contributed by atoms with Gasteiger partial charge in [-0.05, 0) is 24.6 Å². The highest BCUT2D eigenvalue weighted by molar-refractivity contribution is 7.90. The molecule has 0 fully saturated rings. The Morgan fingerprint density at radius 2 is 2.06 bits per heavy atom. The van der Waals surface area contributed by atoms with E-state index in [0.29, 0.717) is 12.1 Å². The van der Waals surface area contributed by atoms with Crippen LogP contribution in [0, 0.1) is 0 Å². The minimum atomic E-state index is -3.42. The lowest BCUT2D eigenvalue weighted by molar-refractivity contribution is 0.0953. The number of amides is 1. The van der Waals surface area contributed by atoms with E-state index in [1.54, 1.807) is 0 Å². The van der Waals surface area contributed by atoms with Gasteiger partial charge in [0.2, 0.25) is 0 Å². The minimum Gasteiger partial charge on any atom is -0.352 e. The number of halogens is 1. The predicted molar refractivity (Wildman–Crippen MR) is 67.2 cm³/mol. The molecule has 1 amide bonds. The first-order valence-electron chi connectivity index (χ1n) is 5.14. The van der Waals surface area contributed by atoms with Gasteiger partial charge in [-0.25, -0.2) is 8.42 Å². The van der Waals surface area contributed by atoms with E-state index in [1.165, 1.54) is 18.2 Å². The van der Waals surface area contributed by atoms with Gasteiger partial charge in [0.05, 0.1) is 9.92 Å². The molecule has 0 aromatic heterocycles. The lowest BCUT2D eigenvalue weighted by Gasteiger charge is -2.06. The van der Waals surface area contributed by atoms with Crippen LogP contribution in [-0.2, 0) is 9.84 Å². The van der Waals surface area contributed by atoms with Crippen LogP contribution in [0.1, 0.15) is 23.7 Å². The molecule has 0 saturated carbocycles. The van der Waals surface area contributed by atoms with Gasteiger partial charge in [-0.2, -0.15) is 0 Å². The van der Waals surface area contributed by atoms with Gasteiger partial charge in [0.1, 0.15) is 0 Å². The number of hydrogen-bond donors (Lipinski definition) is 1. The van der Waals surface area contributed by atoms with Crippen molar-refractivity contribution in [2.75, 3.05) is 12.8 Å². The van der Waals surface area contributed by atoms with Crippen LogP contribution in [0.15, 0.2) is 23.1 Å². The number of carbonyl (C=O) groups is 1. The Labute approximate surface area is 106 Å². The Morgan fingerprint density at radius 1 is 1.41 bits per heavy atom. The van der Waals surface area contributed by atoms with Crippen LogP contribution in [0.25, 0.3) is 0 Å². The molecule has 1 rings (SSSR count). The summed E-state index contributed by atoms with van der Waals surface area (Å²) in [5.41, 5.74) is 0.295. The van der Waals surface area contributed by atoms with Gasteiger partial charge < -0.3 is 5.32 Å². The molecule has 17 heavy (non-hydrogen) atoms. The van der Waals surface area contributed by atoms with Gasteiger partial charge in [0.15, 0.2) is 9.84 Å². The number of hydrogen-bond acceptors (Lipinski definition) is 3. The highest BCUT2D eigenvalue weighted by atomic mass is 35.5. The van der Waals surface area contributed by atoms with Gasteiger partial charge in [-0.3, -0.25) is 4.79 Å². The molecule has 1 N–H and O–H groups in total. The maximum Gasteiger partial charge on any atom is 0.251 e. The molecule has 0 saturated heterocycles. The first kappa shape index (κ1) is 14.0. The molecule has 0 spiro atoms. The van der Waals surface area contributed by atoms with Gasteiger partial charge in [-0.15, -0.1) is 0 Å². The number of rotatable bonds is 4. The van der Waals surface area contributed by atoms with Crippen LogP contribution in [-0.4, -0.2) is 27.1 Å². The average Bonchev–Trinajstić information content (AvgIpc) is 2.25. The van der Waals surface area contributed by atoms with Crippen molar-refractivity contribution < 1.29 is 13.2 Å². The molecule has 1 aromatic rings. The molecule has 0 unspecified atom stereocenters. The van der Waals surface area contributed by atoms with Crippen LogP contribution >= 0.6 is 11.6 Å². The first-order valence-corrected chi connectivity index (χ1v) is 7.41. The van der Waals surface area contributed by atoms with Crippen molar-refractivity contribution in [3.05, 3.63) is 28.8 Å². The van der Waals surface area contributed by atoms with E-state index in [1.807, 2.05) is 6.92 Å². The van der Waals surface area contributed by atoms with Crippen molar-refractivity contribution in [1.82, 2.24) is 5.32 Å². The number of sulfone groups is 1. The van der Waals surface area contributed by atoms with E-state index >= 15 is 0 Å². The summed E-state index contributed by atoms with van der Waals surface area (Å²) in [6.45, 7) is 2.49. The molecule has 0 heterocycles. The SMILES string of the molecule is CCCNC(=O)c1ccc(Cl)c(S(C)(=O)=O)c1. The Bertz CT molecular complexity index is 526. The molecule has 94 valence electrons. The smallest absolute Gasteiger partial charge is 0.251 e. The van der Waals surface area contributed by atoms with Crippen LogP contribution in [0.4, 0.5) is 0 Å². The van der Waals surface area contributed by atoms with Gasteiger partial charge >= 0.3 is 0 Å². The Kier molecular flexibility index (Phi) is 4.54. The van der Waals surface area contributed by atoms with E-state index in [4.69, 9.17) is 11.6 Å². The molecular weight excluding hydrogens is 262 g/mol. The van der Waals surface area contributed by atoms with Crippen molar-refractivity contribution in [1.29, 1.82) is 0 Å². The monoisotopic (exact) mass is 275 g/mol. The second-order valence-electron chi connectivity index (χ2n) is 3.67. The number of benzene rings is 1. The minimum absolute atomic E-state index is 0.0247. The molecule has 1 aromatic carbocycles. The maximum atomic E-state index is 11.6. The summed E-state index contributed by atoms with van der Waals surface area (Å²) in [6.07, 6.45) is 1.88. The maximum absolute atomic E-state index is 11.6. The Balaban J connectivity index is 3.09. The fourth-order valence-corrected chi connectivity index (χ4v) is 2.57. The van der Waals surface area contributed by atoms with Crippen LogP contribution in [0.5, 0.6) is 0 Å². The first-order chi connectivity index (χ1) is 7.86. The zero-order valence-corrected chi connectivity index (χ0v) is 11.2. The summed E-state index contributed by atoms with van der Waals surface area (Å²) in [6, 6.07) is 4.21. The van der Waals surface area contributed by atoms with Crippen molar-refractivity contribution in [2.45, 2.75) is 18.2 Å². The molecule has 0 aliphatic carbocycles. The standard InChI is InChI=1S/C11H14ClNO3S/c1-3-6-13-11(14)8-4-5-9(12)10(7-8)17(2,15)16/h4-5,7H,3,6H2,1-2H3,(H,13,14). The van der Waals surface area contributed by atoms with Crippen LogP contribution in [0.3, 0.4) is 0 Å². The third-order valence-corrected chi connectivity index (χ3v) is 3.71. The van der Waals surface area contributed by atoms with E-state index in [2.05, 4.69) is 5.32 Å². The third-order valence-electron chi connectivity index (χ3n) is 2.13.